The maximum Gasteiger partial charge on any atom is 0.323 e. The number of carbonyl (C=O) groups is 3. The second-order valence-electron chi connectivity index (χ2n) is 6.51. The average molecular weight is 358 g/mol. The largest absolute Gasteiger partial charge is 0.480 e. The molecule has 1 fully saturated rings. The molecule has 3 rings (SSSR count). The number of carboxylic acid groups (broad SMARTS) is 1. The monoisotopic (exact) mass is 358 g/mol. The van der Waals surface area contributed by atoms with Crippen molar-refractivity contribution >= 4 is 23.3 Å². The number of fused-ring (bicyclic) bond motifs is 1. The van der Waals surface area contributed by atoms with Crippen molar-refractivity contribution in [3.63, 3.8) is 0 Å². The molecule has 2 amide bonds. The minimum absolute atomic E-state index is 0.0838. The lowest BCUT2D eigenvalue weighted by atomic mass is 10.1. The standard InChI is InChI=1S/C18H22N4O4/c1-13(23)21(12-17(24)25)14-5-4-8-20(10-7-14)18(26)15-11-19-22-9-3-2-6-16(15)22/h2-3,6,9,11,14H,4-5,7-8,10,12H2,1H3,(H,24,25). The van der Waals surface area contributed by atoms with Crippen LogP contribution < -0.4 is 0 Å². The van der Waals surface area contributed by atoms with E-state index >= 15 is 0 Å². The summed E-state index contributed by atoms with van der Waals surface area (Å²) in [5.74, 6) is -1.36. The lowest BCUT2D eigenvalue weighted by molar-refractivity contribution is -0.145. The van der Waals surface area contributed by atoms with Gasteiger partial charge >= 0.3 is 5.97 Å². The predicted molar refractivity (Wildman–Crippen MR) is 93.8 cm³/mol. The van der Waals surface area contributed by atoms with Crippen molar-refractivity contribution in [1.82, 2.24) is 19.4 Å². The molecule has 0 saturated carbocycles. The van der Waals surface area contributed by atoms with Gasteiger partial charge in [-0.1, -0.05) is 6.07 Å². The van der Waals surface area contributed by atoms with Crippen LogP contribution in [0.2, 0.25) is 0 Å². The zero-order valence-electron chi connectivity index (χ0n) is 14.7. The van der Waals surface area contributed by atoms with E-state index < -0.39 is 5.97 Å². The number of aromatic nitrogens is 2. The highest BCUT2D eigenvalue weighted by molar-refractivity contribution is 6.00. The van der Waals surface area contributed by atoms with E-state index in [2.05, 4.69) is 5.10 Å². The fourth-order valence-corrected chi connectivity index (χ4v) is 3.51. The van der Waals surface area contributed by atoms with E-state index in [0.717, 1.165) is 11.9 Å². The van der Waals surface area contributed by atoms with Crippen molar-refractivity contribution in [3.8, 4) is 0 Å². The average Bonchev–Trinajstić information content (AvgIpc) is 2.88. The van der Waals surface area contributed by atoms with Gasteiger partial charge in [-0.3, -0.25) is 14.4 Å². The van der Waals surface area contributed by atoms with Gasteiger partial charge in [-0.05, 0) is 31.4 Å². The number of nitrogens with zero attached hydrogens (tertiary/aromatic N) is 4. The predicted octanol–water partition coefficient (Wildman–Crippen LogP) is 1.26. The first kappa shape index (κ1) is 17.9. The summed E-state index contributed by atoms with van der Waals surface area (Å²) < 4.78 is 1.66. The lowest BCUT2D eigenvalue weighted by Gasteiger charge is -2.28. The number of carbonyl (C=O) groups excluding carboxylic acids is 2. The first-order chi connectivity index (χ1) is 12.5. The minimum atomic E-state index is -1.02. The van der Waals surface area contributed by atoms with Gasteiger partial charge in [0, 0.05) is 32.3 Å². The zero-order chi connectivity index (χ0) is 18.7. The Morgan fingerprint density at radius 1 is 1.27 bits per heavy atom. The molecule has 0 bridgehead atoms. The number of pyridine rings is 1. The van der Waals surface area contributed by atoms with E-state index in [1.54, 1.807) is 21.8 Å². The highest BCUT2D eigenvalue weighted by Gasteiger charge is 2.28. The van der Waals surface area contributed by atoms with Crippen LogP contribution in [0.4, 0.5) is 0 Å². The van der Waals surface area contributed by atoms with Gasteiger partial charge in [0.1, 0.15) is 6.54 Å². The molecule has 3 heterocycles. The molecule has 0 aromatic carbocycles. The van der Waals surface area contributed by atoms with Crippen LogP contribution in [0.1, 0.15) is 36.5 Å². The molecule has 0 aliphatic carbocycles. The van der Waals surface area contributed by atoms with Crippen LogP contribution in [-0.4, -0.2) is 68.0 Å². The fourth-order valence-electron chi connectivity index (χ4n) is 3.51. The van der Waals surface area contributed by atoms with Crippen molar-refractivity contribution in [3.05, 3.63) is 36.2 Å². The highest BCUT2D eigenvalue weighted by atomic mass is 16.4. The highest BCUT2D eigenvalue weighted by Crippen LogP contribution is 2.20. The summed E-state index contributed by atoms with van der Waals surface area (Å²) in [7, 11) is 0. The van der Waals surface area contributed by atoms with Crippen molar-refractivity contribution < 1.29 is 19.5 Å². The number of likely N-dealkylation sites (tertiary alicyclic amines) is 1. The molecular formula is C18H22N4O4. The molecule has 1 unspecified atom stereocenters. The van der Waals surface area contributed by atoms with Crippen LogP contribution in [0.25, 0.3) is 5.52 Å². The van der Waals surface area contributed by atoms with Crippen LogP contribution in [0.15, 0.2) is 30.6 Å². The van der Waals surface area contributed by atoms with Gasteiger partial charge in [0.15, 0.2) is 0 Å². The molecule has 1 atom stereocenters. The second kappa shape index (κ2) is 7.55. The second-order valence-corrected chi connectivity index (χ2v) is 6.51. The van der Waals surface area contributed by atoms with E-state index in [1.807, 2.05) is 18.2 Å². The zero-order valence-corrected chi connectivity index (χ0v) is 14.7. The van der Waals surface area contributed by atoms with Crippen molar-refractivity contribution in [2.45, 2.75) is 32.2 Å². The number of hydrogen-bond acceptors (Lipinski definition) is 4. The molecule has 1 saturated heterocycles. The molecule has 8 nitrogen and oxygen atoms in total. The Morgan fingerprint density at radius 3 is 2.81 bits per heavy atom. The summed E-state index contributed by atoms with van der Waals surface area (Å²) in [5, 5.41) is 13.2. The lowest BCUT2D eigenvalue weighted by Crippen LogP contribution is -2.43. The van der Waals surface area contributed by atoms with Crippen molar-refractivity contribution in [1.29, 1.82) is 0 Å². The number of rotatable bonds is 4. The van der Waals surface area contributed by atoms with E-state index in [4.69, 9.17) is 5.11 Å². The minimum Gasteiger partial charge on any atom is -0.480 e. The van der Waals surface area contributed by atoms with E-state index in [1.165, 1.54) is 11.8 Å². The third-order valence-corrected chi connectivity index (χ3v) is 4.79. The summed E-state index contributed by atoms with van der Waals surface area (Å²) >= 11 is 0. The number of hydrogen-bond donors (Lipinski definition) is 1. The Labute approximate surface area is 151 Å². The summed E-state index contributed by atoms with van der Waals surface area (Å²) in [6.07, 6.45) is 5.34. The summed E-state index contributed by atoms with van der Waals surface area (Å²) in [6.45, 7) is 2.15. The van der Waals surface area contributed by atoms with Gasteiger partial charge in [-0.25, -0.2) is 4.52 Å². The smallest absolute Gasteiger partial charge is 0.323 e. The maximum absolute atomic E-state index is 12.9. The van der Waals surface area contributed by atoms with E-state index in [-0.39, 0.29) is 24.4 Å². The molecule has 138 valence electrons. The Balaban J connectivity index is 1.73. The third kappa shape index (κ3) is 3.68. The van der Waals surface area contributed by atoms with Crippen LogP contribution in [0.5, 0.6) is 0 Å². The van der Waals surface area contributed by atoms with Crippen LogP contribution >= 0.6 is 0 Å². The molecule has 0 spiro atoms. The SMILES string of the molecule is CC(=O)N(CC(=O)O)C1CCCN(C(=O)c2cnn3ccccc23)CC1. The number of aliphatic carboxylic acids is 1. The molecule has 1 aliphatic rings. The maximum atomic E-state index is 12.9. The van der Waals surface area contributed by atoms with Crippen LogP contribution in [0, 0.1) is 0 Å². The Morgan fingerprint density at radius 2 is 2.08 bits per heavy atom. The Bertz CT molecular complexity index is 831. The molecule has 26 heavy (non-hydrogen) atoms. The first-order valence-corrected chi connectivity index (χ1v) is 8.68. The summed E-state index contributed by atoms with van der Waals surface area (Å²) in [5.41, 5.74) is 1.31. The van der Waals surface area contributed by atoms with E-state index in [9.17, 15) is 14.4 Å². The van der Waals surface area contributed by atoms with Crippen LogP contribution in [0.3, 0.4) is 0 Å². The fraction of sp³-hybridized carbons (Fsp3) is 0.444. The van der Waals surface area contributed by atoms with Crippen LogP contribution in [-0.2, 0) is 9.59 Å². The van der Waals surface area contributed by atoms with Gasteiger partial charge in [0.05, 0.1) is 17.3 Å². The quantitative estimate of drug-likeness (QED) is 0.888. The van der Waals surface area contributed by atoms with Crippen molar-refractivity contribution in [2.24, 2.45) is 0 Å². The molecule has 1 N–H and O–H groups in total. The third-order valence-electron chi connectivity index (χ3n) is 4.79. The topological polar surface area (TPSA) is 95.2 Å². The summed E-state index contributed by atoms with van der Waals surface area (Å²) in [4.78, 5) is 38.9. The number of carboxylic acids is 1. The molecule has 2 aromatic heterocycles. The Hall–Kier alpha value is -2.90. The Kier molecular flexibility index (Phi) is 5.20. The number of amides is 2. The van der Waals surface area contributed by atoms with E-state index in [0.29, 0.717) is 31.5 Å². The summed E-state index contributed by atoms with van der Waals surface area (Å²) in [6, 6.07) is 5.41. The van der Waals surface area contributed by atoms with Gasteiger partial charge in [-0.2, -0.15) is 5.10 Å². The van der Waals surface area contributed by atoms with Gasteiger partial charge in [0.25, 0.3) is 5.91 Å². The van der Waals surface area contributed by atoms with Crippen molar-refractivity contribution in [2.75, 3.05) is 19.6 Å². The molecule has 0 radical (unpaired) electrons. The molecule has 2 aromatic rings. The normalized spacial score (nSPS) is 17.7. The molecule has 1 aliphatic heterocycles. The first-order valence-electron chi connectivity index (χ1n) is 8.68. The molecule has 8 heteroatoms. The van der Waals surface area contributed by atoms with Gasteiger partial charge in [-0.15, -0.1) is 0 Å². The van der Waals surface area contributed by atoms with Gasteiger partial charge in [0.2, 0.25) is 5.91 Å². The molecular weight excluding hydrogens is 336 g/mol. The van der Waals surface area contributed by atoms with Gasteiger partial charge < -0.3 is 14.9 Å².